The van der Waals surface area contributed by atoms with Crippen LogP contribution in [0.2, 0.25) is 0 Å². The van der Waals surface area contributed by atoms with Crippen molar-refractivity contribution in [1.82, 2.24) is 14.8 Å². The summed E-state index contributed by atoms with van der Waals surface area (Å²) in [5.74, 6) is 0.464. The van der Waals surface area contributed by atoms with Gasteiger partial charge in [0.2, 0.25) is 5.82 Å². The largest absolute Gasteiger partial charge is 0.364 e. The van der Waals surface area contributed by atoms with Crippen molar-refractivity contribution in [1.29, 1.82) is 0 Å². The van der Waals surface area contributed by atoms with Gasteiger partial charge in [-0.3, -0.25) is 10.1 Å². The van der Waals surface area contributed by atoms with E-state index in [0.29, 0.717) is 18.1 Å². The van der Waals surface area contributed by atoms with Crippen LogP contribution in [0, 0.1) is 17.0 Å². The Morgan fingerprint density at radius 2 is 2.24 bits per heavy atom. The molecule has 114 valence electrons. The monoisotopic (exact) mass is 309 g/mol. The molecule has 0 fully saturated rings. The second-order valence-electron chi connectivity index (χ2n) is 5.18. The quantitative estimate of drug-likeness (QED) is 0.655. The van der Waals surface area contributed by atoms with Gasteiger partial charge in [0.05, 0.1) is 9.93 Å². The molecule has 0 bridgehead atoms. The lowest BCUT2D eigenvalue weighted by Crippen LogP contribution is -2.10. The Balaban J connectivity index is 2.13. The maximum Gasteiger partial charge on any atom is 0.334 e. The fourth-order valence-corrected chi connectivity index (χ4v) is 2.88. The van der Waals surface area contributed by atoms with Gasteiger partial charge in [-0.15, -0.1) is 11.3 Å². The SMILES string of the molecule is Cc1csc(CCNc2c([N+](=O)[O-])c(C(C)C)nn2C)n1. The van der Waals surface area contributed by atoms with E-state index in [1.165, 1.54) is 0 Å². The van der Waals surface area contributed by atoms with E-state index >= 15 is 0 Å². The third kappa shape index (κ3) is 3.38. The molecule has 8 heteroatoms. The van der Waals surface area contributed by atoms with Crippen LogP contribution in [0.4, 0.5) is 11.5 Å². The van der Waals surface area contributed by atoms with Gasteiger partial charge in [-0.05, 0) is 6.92 Å². The highest BCUT2D eigenvalue weighted by Gasteiger charge is 2.28. The van der Waals surface area contributed by atoms with Crippen LogP contribution < -0.4 is 5.32 Å². The second-order valence-corrected chi connectivity index (χ2v) is 6.12. The number of nitro groups is 1. The first-order valence-electron chi connectivity index (χ1n) is 6.76. The summed E-state index contributed by atoms with van der Waals surface area (Å²) in [7, 11) is 1.72. The van der Waals surface area contributed by atoms with Crippen LogP contribution in [-0.2, 0) is 13.5 Å². The molecule has 0 spiro atoms. The first-order chi connectivity index (χ1) is 9.90. The minimum atomic E-state index is -0.363. The minimum absolute atomic E-state index is 0.00811. The molecule has 0 atom stereocenters. The highest BCUT2D eigenvalue weighted by Crippen LogP contribution is 2.32. The van der Waals surface area contributed by atoms with Gasteiger partial charge in [-0.25, -0.2) is 9.67 Å². The van der Waals surface area contributed by atoms with E-state index in [0.717, 1.165) is 17.1 Å². The summed E-state index contributed by atoms with van der Waals surface area (Å²) in [4.78, 5) is 15.3. The van der Waals surface area contributed by atoms with Crippen LogP contribution in [0.15, 0.2) is 5.38 Å². The fraction of sp³-hybridized carbons (Fsp3) is 0.538. The first kappa shape index (κ1) is 15.4. The molecular formula is C13H19N5O2S. The predicted octanol–water partition coefficient (Wildman–Crippen LogP) is 2.87. The fourth-order valence-electron chi connectivity index (χ4n) is 2.11. The van der Waals surface area contributed by atoms with Crippen molar-refractivity contribution in [2.24, 2.45) is 7.05 Å². The average molecular weight is 309 g/mol. The number of nitrogens with zero attached hydrogens (tertiary/aromatic N) is 4. The van der Waals surface area contributed by atoms with Crippen LogP contribution >= 0.6 is 11.3 Å². The zero-order chi connectivity index (χ0) is 15.6. The zero-order valence-corrected chi connectivity index (χ0v) is 13.4. The first-order valence-corrected chi connectivity index (χ1v) is 7.64. The summed E-state index contributed by atoms with van der Waals surface area (Å²) in [5, 5.41) is 21.7. The number of aromatic nitrogens is 3. The van der Waals surface area contributed by atoms with Crippen molar-refractivity contribution >= 4 is 22.8 Å². The Kier molecular flexibility index (Phi) is 4.56. The summed E-state index contributed by atoms with van der Waals surface area (Å²) in [5.41, 5.74) is 1.58. The molecule has 0 aliphatic heterocycles. The van der Waals surface area contributed by atoms with E-state index in [1.807, 2.05) is 26.2 Å². The Labute approximate surface area is 127 Å². The molecule has 0 aliphatic carbocycles. The van der Waals surface area contributed by atoms with Crippen molar-refractivity contribution < 1.29 is 4.92 Å². The molecule has 0 saturated heterocycles. The summed E-state index contributed by atoms with van der Waals surface area (Å²) < 4.78 is 1.54. The number of anilines is 1. The van der Waals surface area contributed by atoms with Crippen molar-refractivity contribution in [3.05, 3.63) is 31.9 Å². The van der Waals surface area contributed by atoms with E-state index in [1.54, 1.807) is 23.1 Å². The summed E-state index contributed by atoms with van der Waals surface area (Å²) >= 11 is 1.60. The Hall–Kier alpha value is -1.96. The lowest BCUT2D eigenvalue weighted by atomic mass is 10.1. The molecule has 0 aliphatic rings. The highest BCUT2D eigenvalue weighted by molar-refractivity contribution is 7.09. The maximum absolute atomic E-state index is 11.3. The molecule has 21 heavy (non-hydrogen) atoms. The van der Waals surface area contributed by atoms with Gasteiger partial charge in [0.25, 0.3) is 0 Å². The summed E-state index contributed by atoms with van der Waals surface area (Å²) in [6.07, 6.45) is 0.734. The average Bonchev–Trinajstić information content (AvgIpc) is 2.94. The standard InChI is InChI=1S/C13H19N5O2S/c1-8(2)11-12(18(19)20)13(17(4)16-11)14-6-5-10-15-9(3)7-21-10/h7-8,14H,5-6H2,1-4H3. The van der Waals surface area contributed by atoms with Gasteiger partial charge in [0.1, 0.15) is 5.69 Å². The number of hydrogen-bond donors (Lipinski definition) is 1. The van der Waals surface area contributed by atoms with Crippen molar-refractivity contribution in [2.75, 3.05) is 11.9 Å². The number of aryl methyl sites for hydroxylation is 2. The molecule has 2 aromatic rings. The molecule has 2 heterocycles. The smallest absolute Gasteiger partial charge is 0.334 e. The predicted molar refractivity (Wildman–Crippen MR) is 83.0 cm³/mol. The Bertz CT molecular complexity index is 647. The molecule has 0 unspecified atom stereocenters. The lowest BCUT2D eigenvalue weighted by molar-refractivity contribution is -0.384. The highest BCUT2D eigenvalue weighted by atomic mass is 32.1. The van der Waals surface area contributed by atoms with Crippen LogP contribution in [0.3, 0.4) is 0 Å². The molecule has 2 rings (SSSR count). The molecular weight excluding hydrogens is 290 g/mol. The van der Waals surface area contributed by atoms with Gasteiger partial charge in [-0.1, -0.05) is 13.8 Å². The van der Waals surface area contributed by atoms with Crippen molar-refractivity contribution in [2.45, 2.75) is 33.1 Å². The van der Waals surface area contributed by atoms with Gasteiger partial charge in [-0.2, -0.15) is 5.10 Å². The number of hydrogen-bond acceptors (Lipinski definition) is 6. The van der Waals surface area contributed by atoms with Gasteiger partial charge in [0, 0.05) is 37.0 Å². The molecule has 2 aromatic heterocycles. The summed E-state index contributed by atoms with van der Waals surface area (Å²) in [6, 6.07) is 0. The van der Waals surface area contributed by atoms with Crippen LogP contribution in [0.1, 0.15) is 36.2 Å². The van der Waals surface area contributed by atoms with E-state index in [-0.39, 0.29) is 16.5 Å². The molecule has 0 radical (unpaired) electrons. The van der Waals surface area contributed by atoms with Crippen LogP contribution in [0.5, 0.6) is 0 Å². The Morgan fingerprint density at radius 3 is 2.76 bits per heavy atom. The van der Waals surface area contributed by atoms with Crippen LogP contribution in [-0.4, -0.2) is 26.2 Å². The van der Waals surface area contributed by atoms with Crippen LogP contribution in [0.25, 0.3) is 0 Å². The van der Waals surface area contributed by atoms with E-state index in [9.17, 15) is 10.1 Å². The lowest BCUT2D eigenvalue weighted by Gasteiger charge is -2.04. The van der Waals surface area contributed by atoms with Gasteiger partial charge >= 0.3 is 5.69 Å². The van der Waals surface area contributed by atoms with Crippen molar-refractivity contribution in [3.8, 4) is 0 Å². The Morgan fingerprint density at radius 1 is 1.52 bits per heavy atom. The molecule has 0 amide bonds. The van der Waals surface area contributed by atoms with Gasteiger partial charge in [0.15, 0.2) is 0 Å². The maximum atomic E-state index is 11.3. The normalized spacial score (nSPS) is 11.1. The summed E-state index contributed by atoms with van der Waals surface area (Å²) in [6.45, 7) is 6.34. The zero-order valence-electron chi connectivity index (χ0n) is 12.6. The topological polar surface area (TPSA) is 85.9 Å². The molecule has 1 N–H and O–H groups in total. The molecule has 0 aromatic carbocycles. The van der Waals surface area contributed by atoms with E-state index in [2.05, 4.69) is 15.4 Å². The minimum Gasteiger partial charge on any atom is -0.364 e. The third-order valence-electron chi connectivity index (χ3n) is 3.08. The van der Waals surface area contributed by atoms with E-state index < -0.39 is 0 Å². The van der Waals surface area contributed by atoms with E-state index in [4.69, 9.17) is 0 Å². The number of nitrogens with one attached hydrogen (secondary N) is 1. The number of thiazole rings is 1. The van der Waals surface area contributed by atoms with Gasteiger partial charge < -0.3 is 5.32 Å². The molecule has 7 nitrogen and oxygen atoms in total. The van der Waals surface area contributed by atoms with Crippen molar-refractivity contribution in [3.63, 3.8) is 0 Å². The number of rotatable bonds is 6. The third-order valence-corrected chi connectivity index (χ3v) is 4.10. The second kappa shape index (κ2) is 6.21. The molecule has 0 saturated carbocycles.